The van der Waals surface area contributed by atoms with Crippen LogP contribution >= 0.6 is 31.9 Å². The van der Waals surface area contributed by atoms with E-state index in [9.17, 15) is 45.5 Å². The molecule has 0 radical (unpaired) electrons. The minimum absolute atomic E-state index is 0.0983. The molecule has 0 unspecified atom stereocenters. The average molecular weight is 691 g/mol. The summed E-state index contributed by atoms with van der Waals surface area (Å²) in [6.45, 7) is 0. The van der Waals surface area contributed by atoms with Crippen LogP contribution in [0.1, 0.15) is 26.3 Å². The van der Waals surface area contributed by atoms with Gasteiger partial charge in [0.2, 0.25) is 0 Å². The number of pyridine rings is 1. The van der Waals surface area contributed by atoms with Crippen molar-refractivity contribution < 1.29 is 49.4 Å². The molecular formula is C23H13Br2F8N3O3. The number of anilines is 2. The minimum Gasteiger partial charge on any atom is -0.619 e. The van der Waals surface area contributed by atoms with Gasteiger partial charge in [0, 0.05) is 27.6 Å². The van der Waals surface area contributed by atoms with E-state index in [0.29, 0.717) is 4.73 Å². The maximum absolute atomic E-state index is 15.3. The van der Waals surface area contributed by atoms with Gasteiger partial charge in [0.25, 0.3) is 11.8 Å². The summed E-state index contributed by atoms with van der Waals surface area (Å²) in [5.41, 5.74) is -9.14. The van der Waals surface area contributed by atoms with Gasteiger partial charge in [-0.15, -0.1) is 0 Å². The van der Waals surface area contributed by atoms with Gasteiger partial charge in [-0.05, 0) is 62.2 Å². The predicted molar refractivity (Wildman–Crippen MR) is 129 cm³/mol. The van der Waals surface area contributed by atoms with Crippen LogP contribution in [-0.4, -0.2) is 31.2 Å². The zero-order chi connectivity index (χ0) is 29.5. The number of nitrogens with zero attached hydrogens (tertiary/aromatic N) is 2. The molecule has 0 bridgehead atoms. The van der Waals surface area contributed by atoms with Crippen LogP contribution < -0.4 is 14.9 Å². The summed E-state index contributed by atoms with van der Waals surface area (Å²) in [4.78, 5) is 26.3. The van der Waals surface area contributed by atoms with Crippen molar-refractivity contribution in [2.24, 2.45) is 0 Å². The highest BCUT2D eigenvalue weighted by atomic mass is 79.9. The van der Waals surface area contributed by atoms with E-state index in [-0.39, 0.29) is 23.4 Å². The second-order valence-electron chi connectivity index (χ2n) is 7.88. The molecule has 6 nitrogen and oxygen atoms in total. The van der Waals surface area contributed by atoms with Crippen LogP contribution in [0, 0.1) is 11.0 Å². The van der Waals surface area contributed by atoms with Crippen molar-refractivity contribution in [1.29, 1.82) is 0 Å². The predicted octanol–water partition coefficient (Wildman–Crippen LogP) is 6.80. The van der Waals surface area contributed by atoms with Gasteiger partial charge in [0.05, 0.1) is 16.9 Å². The van der Waals surface area contributed by atoms with Crippen LogP contribution in [0.15, 0.2) is 63.8 Å². The zero-order valence-electron chi connectivity index (χ0n) is 19.1. The van der Waals surface area contributed by atoms with E-state index in [4.69, 9.17) is 0 Å². The van der Waals surface area contributed by atoms with Gasteiger partial charge in [-0.1, -0.05) is 6.07 Å². The van der Waals surface area contributed by atoms with E-state index in [2.05, 4.69) is 37.2 Å². The highest BCUT2D eigenvalue weighted by Crippen LogP contribution is 2.54. The fraction of sp³-hybridized carbons (Fsp3) is 0.174. The smallest absolute Gasteiger partial charge is 0.435 e. The normalized spacial score (nSPS) is 12.3. The lowest BCUT2D eigenvalue weighted by atomic mass is 9.94. The number of nitrogens with one attached hydrogen (secondary N) is 1. The first-order valence-corrected chi connectivity index (χ1v) is 11.9. The van der Waals surface area contributed by atoms with Crippen LogP contribution in [-0.2, 0) is 5.67 Å². The van der Waals surface area contributed by atoms with Gasteiger partial charge < -0.3 is 15.4 Å². The largest absolute Gasteiger partial charge is 0.619 e. The van der Waals surface area contributed by atoms with E-state index < -0.39 is 61.4 Å². The topological polar surface area (TPSA) is 76.3 Å². The Bertz CT molecular complexity index is 1410. The Morgan fingerprint density at radius 3 is 2.03 bits per heavy atom. The molecule has 1 heterocycles. The molecule has 39 heavy (non-hydrogen) atoms. The highest BCUT2D eigenvalue weighted by molar-refractivity contribution is 9.11. The van der Waals surface area contributed by atoms with E-state index in [0.717, 1.165) is 29.4 Å². The number of rotatable bonds is 5. The highest BCUT2D eigenvalue weighted by Gasteiger charge is 2.73. The standard InChI is InChI=1S/C23H13Br2F8N3O3/c1-35(20(38)11-4-3-7-36(39)10-11)16-6-2-5-13(17(16)26)19(37)34-18-14(24)8-12(9-15(18)25)21(27,22(28,29)30)23(31,32)33/h2-10H,1H3,(H,34,37). The molecule has 0 aliphatic heterocycles. The van der Waals surface area contributed by atoms with E-state index >= 15 is 4.39 Å². The lowest BCUT2D eigenvalue weighted by molar-refractivity contribution is -0.605. The van der Waals surface area contributed by atoms with E-state index in [1.54, 1.807) is 0 Å². The number of amides is 2. The number of hydrogen-bond acceptors (Lipinski definition) is 3. The summed E-state index contributed by atoms with van der Waals surface area (Å²) in [5, 5.41) is 13.6. The second-order valence-corrected chi connectivity index (χ2v) is 9.59. The van der Waals surface area contributed by atoms with Crippen molar-refractivity contribution in [3.63, 3.8) is 0 Å². The Hall–Kier alpha value is -3.27. The van der Waals surface area contributed by atoms with Crippen LogP contribution in [0.2, 0.25) is 0 Å². The monoisotopic (exact) mass is 689 g/mol. The van der Waals surface area contributed by atoms with Crippen molar-refractivity contribution in [3.8, 4) is 0 Å². The number of aromatic nitrogens is 1. The number of benzene rings is 2. The number of hydrogen-bond donors (Lipinski definition) is 1. The fourth-order valence-electron chi connectivity index (χ4n) is 3.40. The zero-order valence-corrected chi connectivity index (χ0v) is 22.3. The van der Waals surface area contributed by atoms with Crippen LogP contribution in [0.4, 0.5) is 46.5 Å². The summed E-state index contributed by atoms with van der Waals surface area (Å²) in [5.74, 6) is -3.22. The summed E-state index contributed by atoms with van der Waals surface area (Å²) in [7, 11) is 1.17. The van der Waals surface area contributed by atoms with Crippen LogP contribution in [0.25, 0.3) is 0 Å². The van der Waals surface area contributed by atoms with Gasteiger partial charge in [-0.2, -0.15) is 31.1 Å². The van der Waals surface area contributed by atoms with E-state index in [1.165, 1.54) is 25.2 Å². The van der Waals surface area contributed by atoms with Gasteiger partial charge >= 0.3 is 18.0 Å². The van der Waals surface area contributed by atoms with Crippen LogP contribution in [0.5, 0.6) is 0 Å². The summed E-state index contributed by atoms with van der Waals surface area (Å²) in [6, 6.07) is 6.29. The first-order chi connectivity index (χ1) is 17.9. The Labute approximate surface area is 231 Å². The van der Waals surface area contributed by atoms with Crippen molar-refractivity contribution in [1.82, 2.24) is 0 Å². The van der Waals surface area contributed by atoms with Gasteiger partial charge in [0.15, 0.2) is 18.2 Å². The Balaban J connectivity index is 1.96. The van der Waals surface area contributed by atoms with Gasteiger partial charge in [-0.3, -0.25) is 9.59 Å². The van der Waals surface area contributed by atoms with E-state index in [1.807, 2.05) is 0 Å². The molecule has 0 fully saturated rings. The molecule has 16 heteroatoms. The maximum atomic E-state index is 15.3. The van der Waals surface area contributed by atoms with Crippen molar-refractivity contribution in [3.05, 3.63) is 91.5 Å². The summed E-state index contributed by atoms with van der Waals surface area (Å²) < 4.78 is 108. The molecule has 1 aromatic heterocycles. The second kappa shape index (κ2) is 10.7. The quantitative estimate of drug-likeness (QED) is 0.182. The number of halogens is 10. The SMILES string of the molecule is CN(C(=O)c1ccc[n+]([O-])c1)c1cccc(C(=O)Nc2c(Br)cc(C(F)(C(F)(F)F)C(F)(F)F)cc2Br)c1F. The number of carbonyl (C=O) groups is 2. The molecular weight excluding hydrogens is 678 g/mol. The Morgan fingerprint density at radius 2 is 1.51 bits per heavy atom. The molecule has 2 amide bonds. The molecule has 0 atom stereocenters. The molecule has 0 aliphatic rings. The third-order valence-electron chi connectivity index (χ3n) is 5.37. The molecule has 0 saturated heterocycles. The Morgan fingerprint density at radius 1 is 0.949 bits per heavy atom. The first kappa shape index (κ1) is 30.3. The molecule has 3 rings (SSSR count). The fourth-order valence-corrected chi connectivity index (χ4v) is 4.78. The lowest BCUT2D eigenvalue weighted by Gasteiger charge is -2.31. The maximum Gasteiger partial charge on any atom is 0.435 e. The molecule has 0 aliphatic carbocycles. The number of carbonyl (C=O) groups excluding carboxylic acids is 2. The van der Waals surface area contributed by atoms with Crippen LogP contribution in [0.3, 0.4) is 0 Å². The molecule has 3 aromatic rings. The first-order valence-electron chi connectivity index (χ1n) is 10.3. The van der Waals surface area contributed by atoms with Crippen molar-refractivity contribution in [2.45, 2.75) is 18.0 Å². The molecule has 1 N–H and O–H groups in total. The van der Waals surface area contributed by atoms with Crippen molar-refractivity contribution in [2.75, 3.05) is 17.3 Å². The Kier molecular flexibility index (Phi) is 8.32. The average Bonchev–Trinajstić information content (AvgIpc) is 2.83. The van der Waals surface area contributed by atoms with Gasteiger partial charge in [-0.25, -0.2) is 8.78 Å². The minimum atomic E-state index is -6.37. The van der Waals surface area contributed by atoms with Crippen molar-refractivity contribution >= 4 is 55.0 Å². The summed E-state index contributed by atoms with van der Waals surface area (Å²) in [6.07, 6.45) is -10.7. The summed E-state index contributed by atoms with van der Waals surface area (Å²) >= 11 is 5.42. The lowest BCUT2D eigenvalue weighted by Crippen LogP contribution is -2.50. The third-order valence-corrected chi connectivity index (χ3v) is 6.62. The third kappa shape index (κ3) is 5.71. The molecule has 208 valence electrons. The molecule has 2 aromatic carbocycles. The van der Waals surface area contributed by atoms with Gasteiger partial charge in [0.1, 0.15) is 5.56 Å². The molecule has 0 saturated carbocycles. The number of alkyl halides is 7. The molecule has 0 spiro atoms.